The minimum absolute atomic E-state index is 0.0134. The van der Waals surface area contributed by atoms with Crippen LogP contribution in [0.15, 0.2) is 107 Å². The van der Waals surface area contributed by atoms with Crippen molar-refractivity contribution in [2.24, 2.45) is 0 Å². The number of halogens is 3. The lowest BCUT2D eigenvalue weighted by Crippen LogP contribution is -2.41. The average Bonchev–Trinajstić information content (AvgIpc) is 3.33. The molecule has 4 aromatic carbocycles. The van der Waals surface area contributed by atoms with Crippen molar-refractivity contribution in [1.82, 2.24) is 14.9 Å². The van der Waals surface area contributed by atoms with Crippen molar-refractivity contribution in [3.8, 4) is 24.2 Å². The average molecular weight is 1050 g/mol. The second kappa shape index (κ2) is 25.7. The lowest BCUT2D eigenvalue weighted by Gasteiger charge is -2.24. The van der Waals surface area contributed by atoms with Gasteiger partial charge in [-0.3, -0.25) is 19.2 Å². The number of alkyl halides is 3. The molecule has 0 saturated heterocycles. The number of rotatable bonds is 25. The van der Waals surface area contributed by atoms with Crippen LogP contribution in [0.4, 0.5) is 18.9 Å². The van der Waals surface area contributed by atoms with E-state index in [1.165, 1.54) is 12.1 Å². The van der Waals surface area contributed by atoms with Crippen molar-refractivity contribution in [3.63, 3.8) is 0 Å². The summed E-state index contributed by atoms with van der Waals surface area (Å²) in [6.07, 6.45) is 1.02. The number of carbonyl (C=O) groups excluding carboxylic acids is 4. The van der Waals surface area contributed by atoms with Crippen LogP contribution in [0.5, 0.6) is 5.75 Å². The van der Waals surface area contributed by atoms with Crippen LogP contribution in [0, 0.1) is 30.6 Å². The highest BCUT2D eigenvalue weighted by molar-refractivity contribution is 7.89. The van der Waals surface area contributed by atoms with Gasteiger partial charge < -0.3 is 30.3 Å². The molecule has 386 valence electrons. The van der Waals surface area contributed by atoms with Crippen LogP contribution in [0.25, 0.3) is 21.8 Å². The Morgan fingerprint density at radius 3 is 2.00 bits per heavy atom. The van der Waals surface area contributed by atoms with Gasteiger partial charge in [0.1, 0.15) is 17.6 Å². The van der Waals surface area contributed by atoms with Crippen LogP contribution in [-0.2, 0) is 47.2 Å². The Bertz CT molecular complexity index is 3130. The fraction of sp³-hybridized carbons (Fsp3) is 0.333. The molecule has 0 aliphatic rings. The third-order valence-electron chi connectivity index (χ3n) is 11.3. The van der Waals surface area contributed by atoms with Gasteiger partial charge in [0, 0.05) is 81.4 Å². The molecule has 0 bridgehead atoms. The van der Waals surface area contributed by atoms with Gasteiger partial charge in [0.15, 0.2) is 12.1 Å². The summed E-state index contributed by atoms with van der Waals surface area (Å²) in [5, 5.41) is 27.7. The van der Waals surface area contributed by atoms with Crippen LogP contribution < -0.4 is 25.3 Å². The molecule has 0 fully saturated rings. The van der Waals surface area contributed by atoms with E-state index in [0.29, 0.717) is 40.7 Å². The lowest BCUT2D eigenvalue weighted by molar-refractivity contribution is -0.645. The number of anilines is 1. The Balaban J connectivity index is 1.14. The number of aliphatic hydroxyl groups is 1. The predicted molar refractivity (Wildman–Crippen MR) is 263 cm³/mol. The van der Waals surface area contributed by atoms with Crippen LogP contribution in [0.2, 0.25) is 0 Å². The van der Waals surface area contributed by atoms with Gasteiger partial charge in [-0.1, -0.05) is 42.0 Å². The summed E-state index contributed by atoms with van der Waals surface area (Å²) in [4.78, 5) is 52.7. The van der Waals surface area contributed by atoms with Gasteiger partial charge in [-0.05, 0) is 69.0 Å². The van der Waals surface area contributed by atoms with Gasteiger partial charge in [0.05, 0.1) is 43.5 Å². The molecule has 0 radical (unpaired) electrons. The zero-order valence-corrected chi connectivity index (χ0v) is 41.3. The third-order valence-corrected chi connectivity index (χ3v) is 13.9. The second-order valence-electron chi connectivity index (χ2n) is 16.6. The van der Waals surface area contributed by atoms with Crippen LogP contribution >= 0.6 is 0 Å². The highest BCUT2D eigenvalue weighted by Gasteiger charge is 2.36. The molecule has 5 aromatic rings. The Morgan fingerprint density at radius 1 is 0.822 bits per heavy atom. The van der Waals surface area contributed by atoms with Crippen molar-refractivity contribution in [3.05, 3.63) is 119 Å². The number of terminal acetylenes is 1. The van der Waals surface area contributed by atoms with Crippen molar-refractivity contribution in [2.75, 3.05) is 37.3 Å². The van der Waals surface area contributed by atoms with E-state index in [9.17, 15) is 64.1 Å². The molecule has 1 heterocycles. The maximum atomic E-state index is 14.8. The zero-order chi connectivity index (χ0) is 53.3. The summed E-state index contributed by atoms with van der Waals surface area (Å²) >= 11 is 0. The molecule has 17 nitrogen and oxygen atoms in total. The number of pyridine rings is 1. The molecule has 0 atom stereocenters. The topological polar surface area (TPSA) is 256 Å². The number of benzene rings is 4. The molecule has 73 heavy (non-hydrogen) atoms. The predicted octanol–water partition coefficient (Wildman–Crippen LogP) is 6.71. The second-order valence-corrected chi connectivity index (χ2v) is 20.0. The smallest absolute Gasteiger partial charge is 0.419 e. The fourth-order valence-corrected chi connectivity index (χ4v) is 9.60. The van der Waals surface area contributed by atoms with E-state index in [0.717, 1.165) is 22.0 Å². The SMILES string of the molecule is C#CCC/C(O)=C(\C#N)C(=O)Nc1ccc(C(F)(F)F)c(OCCCCCC(=O)NCCNC(=O)CCCN(C(=O)c2c3ccccc3[n+](CCCS(=O)(=O)[O-])c3ccccc23)S(=O)(=O)c2ccc(C)cc2)c1. The van der Waals surface area contributed by atoms with Crippen molar-refractivity contribution >= 4 is 71.3 Å². The normalized spacial score (nSPS) is 12.0. The number of nitrogens with zero attached hydrogens (tertiary/aromatic N) is 3. The number of unbranched alkanes of at least 4 members (excludes halogenated alkanes) is 2. The van der Waals surface area contributed by atoms with E-state index in [-0.39, 0.29) is 99.8 Å². The summed E-state index contributed by atoms with van der Waals surface area (Å²) in [6.45, 7) is 1.39. The van der Waals surface area contributed by atoms with E-state index in [1.54, 1.807) is 78.2 Å². The van der Waals surface area contributed by atoms with Crippen LogP contribution in [0.3, 0.4) is 0 Å². The first kappa shape index (κ1) is 56.4. The summed E-state index contributed by atoms with van der Waals surface area (Å²) in [6, 6.07) is 23.6. The number of para-hydroxylation sites is 2. The minimum atomic E-state index is -4.80. The number of allylic oxidation sites excluding steroid dienone is 1. The molecule has 0 aliphatic heterocycles. The monoisotopic (exact) mass is 1050 g/mol. The van der Waals surface area contributed by atoms with Gasteiger partial charge in [-0.25, -0.2) is 21.1 Å². The van der Waals surface area contributed by atoms with Gasteiger partial charge in [-0.15, -0.1) is 12.3 Å². The van der Waals surface area contributed by atoms with E-state index in [4.69, 9.17) is 11.2 Å². The molecular weight excluding hydrogens is 994 g/mol. The molecule has 5 rings (SSSR count). The molecule has 0 saturated carbocycles. The number of fused-ring (bicyclic) bond motifs is 2. The molecule has 22 heteroatoms. The number of sulfonamides is 1. The highest BCUT2D eigenvalue weighted by atomic mass is 32.2. The molecule has 0 spiro atoms. The number of aryl methyl sites for hydroxylation is 2. The molecule has 1 aromatic heterocycles. The Hall–Kier alpha value is -7.53. The summed E-state index contributed by atoms with van der Waals surface area (Å²) in [5.41, 5.74) is -0.0423. The minimum Gasteiger partial charge on any atom is -0.748 e. The number of hydrogen-bond acceptors (Lipinski definition) is 12. The molecular formula is C51H53F3N6O11S2. The number of aliphatic hydroxyl groups excluding tert-OH is 1. The van der Waals surface area contributed by atoms with Gasteiger partial charge in [0.2, 0.25) is 22.8 Å². The molecule has 4 amide bonds. The van der Waals surface area contributed by atoms with Gasteiger partial charge in [-0.2, -0.15) is 23.0 Å². The van der Waals surface area contributed by atoms with Crippen LogP contribution in [0.1, 0.15) is 79.3 Å². The number of aromatic nitrogens is 1. The number of amides is 4. The van der Waals surface area contributed by atoms with E-state index < -0.39 is 72.4 Å². The number of ether oxygens (including phenoxy) is 1. The van der Waals surface area contributed by atoms with Gasteiger partial charge in [0.25, 0.3) is 21.8 Å². The Kier molecular flexibility index (Phi) is 19.9. The van der Waals surface area contributed by atoms with Crippen molar-refractivity contribution < 1.29 is 68.1 Å². The number of carbonyl (C=O) groups is 4. The Morgan fingerprint density at radius 2 is 1.42 bits per heavy atom. The molecule has 4 N–H and O–H groups in total. The molecule has 0 aliphatic carbocycles. The number of nitrogens with one attached hydrogen (secondary N) is 3. The summed E-state index contributed by atoms with van der Waals surface area (Å²) < 4.78 is 112. The number of hydrogen-bond donors (Lipinski definition) is 4. The number of nitriles is 1. The Labute approximate surface area is 420 Å². The van der Waals surface area contributed by atoms with E-state index in [1.807, 2.05) is 0 Å². The van der Waals surface area contributed by atoms with E-state index in [2.05, 4.69) is 21.9 Å². The third kappa shape index (κ3) is 15.7. The van der Waals surface area contributed by atoms with Gasteiger partial charge >= 0.3 is 6.18 Å². The standard InChI is InChI=1S/C51H53F3N6O11S2/c1-3-4-18-44(61)40(34-55)49(64)58-36-23-26-41(51(52,53)54)45(33-36)71-31-11-5-6-19-46(62)56-27-28-57-47(63)20-12-30-60(73(69,70)37-24-21-35(2)22-25-37)50(65)48-38-14-7-9-16-42(38)59(29-13-32-72(66,67)68)43-17-10-8-15-39(43)48/h1,7-10,14-17,21-26,33H,4-6,11-13,18-20,27-32H2,2H3,(H4-,56,57,58,61,62,63,64,66,67,68). The highest BCUT2D eigenvalue weighted by Crippen LogP contribution is 2.38. The maximum Gasteiger partial charge on any atom is 0.419 e. The first-order valence-electron chi connectivity index (χ1n) is 23.0. The first-order chi connectivity index (χ1) is 34.7. The fourth-order valence-electron chi connectivity index (χ4n) is 7.70. The first-order valence-corrected chi connectivity index (χ1v) is 26.0. The maximum absolute atomic E-state index is 14.8. The quantitative estimate of drug-likeness (QED) is 0.00695. The van der Waals surface area contributed by atoms with Crippen LogP contribution in [-0.4, -0.2) is 86.4 Å². The summed E-state index contributed by atoms with van der Waals surface area (Å²) in [7, 11) is -9.01. The molecule has 0 unspecified atom stereocenters. The largest absolute Gasteiger partial charge is 0.748 e. The zero-order valence-electron chi connectivity index (χ0n) is 39.7. The lowest BCUT2D eigenvalue weighted by atomic mass is 10.0. The summed E-state index contributed by atoms with van der Waals surface area (Å²) in [5.74, 6) is -2.26. The van der Waals surface area contributed by atoms with Crippen molar-refractivity contribution in [2.45, 2.75) is 82.3 Å². The van der Waals surface area contributed by atoms with Crippen molar-refractivity contribution in [1.29, 1.82) is 5.26 Å². The van der Waals surface area contributed by atoms with E-state index >= 15 is 0 Å².